The van der Waals surface area contributed by atoms with Gasteiger partial charge < -0.3 is 25.8 Å². The van der Waals surface area contributed by atoms with Crippen LogP contribution < -0.4 is 21.1 Å². The molecule has 0 spiro atoms. The van der Waals surface area contributed by atoms with Gasteiger partial charge in [0.05, 0.1) is 18.3 Å². The molecule has 4 N–H and O–H groups in total. The number of rotatable bonds is 10. The summed E-state index contributed by atoms with van der Waals surface area (Å²) in [5.41, 5.74) is 4.65. The minimum absolute atomic E-state index is 0.00525. The van der Waals surface area contributed by atoms with Gasteiger partial charge in [0.25, 0.3) is 5.91 Å². The fourth-order valence-corrected chi connectivity index (χ4v) is 6.52. The van der Waals surface area contributed by atoms with Crippen LogP contribution in [0.4, 0.5) is 4.79 Å². The van der Waals surface area contributed by atoms with Crippen LogP contribution in [0.1, 0.15) is 84.0 Å². The predicted molar refractivity (Wildman–Crippen MR) is 143 cm³/mol. The Hall–Kier alpha value is -3.04. The fraction of sp³-hybridized carbons (Fsp3) is 0.714. The zero-order chi connectivity index (χ0) is 27.8. The van der Waals surface area contributed by atoms with E-state index >= 15 is 0 Å². The summed E-state index contributed by atoms with van der Waals surface area (Å²) in [6.45, 7) is 12.0. The average Bonchev–Trinajstić information content (AvgIpc) is 3.20. The van der Waals surface area contributed by atoms with Crippen molar-refractivity contribution >= 4 is 24.1 Å². The molecule has 38 heavy (non-hydrogen) atoms. The summed E-state index contributed by atoms with van der Waals surface area (Å²) < 4.78 is 13.2. The van der Waals surface area contributed by atoms with Crippen molar-refractivity contribution in [2.45, 2.75) is 90.8 Å². The van der Waals surface area contributed by atoms with Crippen molar-refractivity contribution in [3.05, 3.63) is 17.8 Å². The Labute approximate surface area is 225 Å². The minimum atomic E-state index is -0.716. The Bertz CT molecular complexity index is 1080. The fourth-order valence-electron chi connectivity index (χ4n) is 6.52. The number of primary amides is 1. The second-order valence-electron chi connectivity index (χ2n) is 12.8. The van der Waals surface area contributed by atoms with Crippen LogP contribution in [0.2, 0.25) is 0 Å². The van der Waals surface area contributed by atoms with Gasteiger partial charge in [-0.05, 0) is 75.7 Å². The second-order valence-corrected chi connectivity index (χ2v) is 12.8. The van der Waals surface area contributed by atoms with Crippen LogP contribution in [0.25, 0.3) is 6.20 Å². The highest BCUT2D eigenvalue weighted by atomic mass is 16.6. The van der Waals surface area contributed by atoms with Crippen LogP contribution in [0.3, 0.4) is 0 Å². The van der Waals surface area contributed by atoms with E-state index in [4.69, 9.17) is 15.2 Å². The third kappa shape index (κ3) is 6.15. The van der Waals surface area contributed by atoms with Gasteiger partial charge in [0.15, 0.2) is 0 Å². The van der Waals surface area contributed by atoms with Gasteiger partial charge in [-0.1, -0.05) is 27.7 Å². The number of nitrogens with zero attached hydrogens (tertiary/aromatic N) is 2. The van der Waals surface area contributed by atoms with E-state index in [1.165, 1.54) is 6.20 Å². The van der Waals surface area contributed by atoms with Crippen LogP contribution in [-0.2, 0) is 9.53 Å². The lowest BCUT2D eigenvalue weighted by molar-refractivity contribution is -0.137. The van der Waals surface area contributed by atoms with Crippen molar-refractivity contribution in [1.29, 1.82) is 0 Å². The van der Waals surface area contributed by atoms with Gasteiger partial charge in [-0.3, -0.25) is 9.59 Å². The van der Waals surface area contributed by atoms with E-state index < -0.39 is 17.2 Å². The Balaban J connectivity index is 1.51. The third-order valence-electron chi connectivity index (χ3n) is 7.98. The number of hydrogen-bond acceptors (Lipinski definition) is 6. The number of nitrogens with one attached hydrogen (secondary N) is 2. The van der Waals surface area contributed by atoms with E-state index in [2.05, 4.69) is 15.7 Å². The smallest absolute Gasteiger partial charge is 0.405 e. The first-order valence-electron chi connectivity index (χ1n) is 13.8. The van der Waals surface area contributed by atoms with E-state index in [1.54, 1.807) is 10.9 Å². The molecule has 2 unspecified atom stereocenters. The maximum atomic E-state index is 13.6. The lowest BCUT2D eigenvalue weighted by Gasteiger charge is -2.58. The Morgan fingerprint density at radius 3 is 2.42 bits per heavy atom. The zero-order valence-electron chi connectivity index (χ0n) is 23.5. The number of nitrogens with two attached hydrogens (primary N) is 1. The summed E-state index contributed by atoms with van der Waals surface area (Å²) in [6.07, 6.45) is 8.72. The molecule has 0 radical (unpaired) electrons. The van der Waals surface area contributed by atoms with Crippen LogP contribution in [0, 0.1) is 29.6 Å². The number of hydrogen-bond donors (Lipinski definition) is 3. The summed E-state index contributed by atoms with van der Waals surface area (Å²) in [7, 11) is 0. The third-order valence-corrected chi connectivity index (χ3v) is 7.98. The molecule has 1 aromatic heterocycles. The summed E-state index contributed by atoms with van der Waals surface area (Å²) in [5.74, 6) is 1.21. The molecular weight excluding hydrogens is 486 g/mol. The molecule has 2 atom stereocenters. The molecular formula is C28H43N5O5. The molecule has 4 saturated carbocycles. The normalized spacial score (nSPS) is 28.2. The first-order valence-corrected chi connectivity index (χ1v) is 13.8. The molecule has 4 aliphatic rings. The van der Waals surface area contributed by atoms with Gasteiger partial charge in [0.1, 0.15) is 11.2 Å². The number of aromatic nitrogens is 2. The van der Waals surface area contributed by atoms with Gasteiger partial charge in [-0.2, -0.15) is 5.10 Å². The predicted octanol–water partition coefficient (Wildman–Crippen LogP) is 3.71. The van der Waals surface area contributed by atoms with Gasteiger partial charge in [-0.15, -0.1) is 0 Å². The monoisotopic (exact) mass is 529 g/mol. The summed E-state index contributed by atoms with van der Waals surface area (Å²) in [5, 5.41) is 10.7. The quantitative estimate of drug-likeness (QED) is 0.422. The molecule has 210 valence electrons. The molecule has 3 amide bonds. The molecule has 4 bridgehead atoms. The molecule has 10 heteroatoms. The average molecular weight is 530 g/mol. The van der Waals surface area contributed by atoms with Crippen LogP contribution >= 0.6 is 0 Å². The molecule has 0 saturated heterocycles. The van der Waals surface area contributed by atoms with E-state index in [-0.39, 0.29) is 41.5 Å². The molecule has 1 heterocycles. The van der Waals surface area contributed by atoms with Gasteiger partial charge in [-0.25, -0.2) is 9.48 Å². The van der Waals surface area contributed by atoms with E-state index in [9.17, 15) is 14.4 Å². The second kappa shape index (κ2) is 10.6. The zero-order valence-corrected chi connectivity index (χ0v) is 23.5. The van der Waals surface area contributed by atoms with Crippen molar-refractivity contribution < 1.29 is 23.9 Å². The van der Waals surface area contributed by atoms with Crippen LogP contribution in [0.5, 0.6) is 5.88 Å². The maximum Gasteiger partial charge on any atom is 0.405 e. The van der Waals surface area contributed by atoms with Gasteiger partial charge in [0, 0.05) is 18.2 Å². The lowest BCUT2D eigenvalue weighted by Crippen LogP contribution is -2.63. The first-order chi connectivity index (χ1) is 17.8. The first kappa shape index (κ1) is 28.0. The standard InChI is InChI=1S/C28H43N5O5/c1-16(2)15-37-25-21(14-30-33(25)8-7-27(5,6)32-23(34)17(3)4)24(35)31-22-19-9-18-10-20(22)13-28(11-18,12-19)38-26(29)36/h7-8,14,16-20,22H,9-13,15H2,1-6H3,(H2,29,36)(H,31,35)(H,32,34). The highest BCUT2D eigenvalue weighted by Gasteiger charge is 2.57. The number of carbonyl (C=O) groups excluding carboxylic acids is 3. The number of amides is 3. The largest absolute Gasteiger partial charge is 0.477 e. The SMILES string of the molecule is CC(C)COc1c(C(=O)NC2C3CC4CC2CC(OC(N)=O)(C4)C3)cnn1C=CC(C)(C)NC(=O)C(C)C. The molecule has 0 aromatic carbocycles. The Morgan fingerprint density at radius 1 is 1.18 bits per heavy atom. The summed E-state index contributed by atoms with van der Waals surface area (Å²) >= 11 is 0. The Morgan fingerprint density at radius 2 is 1.84 bits per heavy atom. The summed E-state index contributed by atoms with van der Waals surface area (Å²) in [6, 6.07) is 0.00525. The number of carbonyl (C=O) groups is 3. The van der Waals surface area contributed by atoms with Crippen molar-refractivity contribution in [2.24, 2.45) is 35.3 Å². The van der Waals surface area contributed by atoms with Crippen molar-refractivity contribution in [2.75, 3.05) is 6.61 Å². The van der Waals surface area contributed by atoms with Crippen LogP contribution in [0.15, 0.2) is 12.3 Å². The highest BCUT2D eigenvalue weighted by molar-refractivity contribution is 5.96. The van der Waals surface area contributed by atoms with Crippen molar-refractivity contribution in [1.82, 2.24) is 20.4 Å². The van der Waals surface area contributed by atoms with E-state index in [0.717, 1.165) is 32.1 Å². The van der Waals surface area contributed by atoms with Crippen molar-refractivity contribution in [3.63, 3.8) is 0 Å². The number of ether oxygens (including phenoxy) is 2. The summed E-state index contributed by atoms with van der Waals surface area (Å²) in [4.78, 5) is 37.3. The van der Waals surface area contributed by atoms with Gasteiger partial charge in [0.2, 0.25) is 11.8 Å². The molecule has 5 rings (SSSR count). The van der Waals surface area contributed by atoms with E-state index in [0.29, 0.717) is 24.0 Å². The molecule has 4 aliphatic carbocycles. The van der Waals surface area contributed by atoms with Crippen LogP contribution in [-0.4, -0.2) is 51.5 Å². The lowest BCUT2D eigenvalue weighted by atomic mass is 9.52. The molecule has 1 aromatic rings. The molecule has 0 aliphatic heterocycles. The van der Waals surface area contributed by atoms with Gasteiger partial charge >= 0.3 is 6.09 Å². The Kier molecular flexibility index (Phi) is 7.81. The molecule has 10 nitrogen and oxygen atoms in total. The van der Waals surface area contributed by atoms with Crippen molar-refractivity contribution in [3.8, 4) is 5.88 Å². The maximum absolute atomic E-state index is 13.6. The highest BCUT2D eigenvalue weighted by Crippen LogP contribution is 2.57. The van der Waals surface area contributed by atoms with E-state index in [1.807, 2.05) is 47.6 Å². The minimum Gasteiger partial charge on any atom is -0.477 e. The molecule has 4 fully saturated rings. The topological polar surface area (TPSA) is 138 Å².